The molecule has 1 aliphatic rings. The van der Waals surface area contributed by atoms with E-state index in [1.807, 2.05) is 0 Å². The highest BCUT2D eigenvalue weighted by Crippen LogP contribution is 2.22. The predicted molar refractivity (Wildman–Crippen MR) is 86.0 cm³/mol. The van der Waals surface area contributed by atoms with E-state index in [4.69, 9.17) is 5.73 Å². The maximum Gasteiger partial charge on any atom is 0.0424 e. The van der Waals surface area contributed by atoms with E-state index in [9.17, 15) is 0 Å². The van der Waals surface area contributed by atoms with Gasteiger partial charge in [0.1, 0.15) is 0 Å². The molecule has 0 bridgehead atoms. The highest BCUT2D eigenvalue weighted by Gasteiger charge is 2.26. The molecule has 0 amide bonds. The molecule has 1 fully saturated rings. The summed E-state index contributed by atoms with van der Waals surface area (Å²) in [6.45, 7) is 7.62. The zero-order chi connectivity index (χ0) is 14.7. The van der Waals surface area contributed by atoms with Gasteiger partial charge in [-0.2, -0.15) is 0 Å². The summed E-state index contributed by atoms with van der Waals surface area (Å²) in [5.41, 5.74) is 10.4. The number of rotatable bonds is 5. The number of likely N-dealkylation sites (N-methyl/N-ethyl adjacent to an activating group) is 1. The minimum Gasteiger partial charge on any atom is -0.323 e. The molecule has 1 saturated heterocycles. The molecular formula is C17H29N3. The van der Waals surface area contributed by atoms with Crippen molar-refractivity contribution < 1.29 is 0 Å². The number of nitrogens with zero attached hydrogens (tertiary/aromatic N) is 2. The molecule has 0 spiro atoms. The van der Waals surface area contributed by atoms with Crippen LogP contribution < -0.4 is 5.73 Å². The fourth-order valence-electron chi connectivity index (χ4n) is 3.12. The lowest BCUT2D eigenvalue weighted by molar-refractivity contribution is 0.198. The van der Waals surface area contributed by atoms with Gasteiger partial charge >= 0.3 is 0 Å². The van der Waals surface area contributed by atoms with Crippen LogP contribution in [0.15, 0.2) is 18.2 Å². The Morgan fingerprint density at radius 3 is 2.70 bits per heavy atom. The van der Waals surface area contributed by atoms with Gasteiger partial charge in [-0.1, -0.05) is 18.2 Å². The molecule has 2 rings (SSSR count). The van der Waals surface area contributed by atoms with Gasteiger partial charge in [-0.05, 0) is 64.0 Å². The molecule has 3 nitrogen and oxygen atoms in total. The average molecular weight is 275 g/mol. The third-order valence-electron chi connectivity index (χ3n) is 4.47. The molecular weight excluding hydrogens is 246 g/mol. The van der Waals surface area contributed by atoms with Crippen LogP contribution in [0.2, 0.25) is 0 Å². The largest absolute Gasteiger partial charge is 0.323 e. The SMILES string of the molecule is Cc1ccc(C(N)CN2CCCC2CN(C)C)cc1C. The second kappa shape index (κ2) is 6.70. The molecule has 1 aromatic carbocycles. The van der Waals surface area contributed by atoms with Gasteiger partial charge in [-0.3, -0.25) is 4.90 Å². The molecule has 20 heavy (non-hydrogen) atoms. The van der Waals surface area contributed by atoms with Crippen molar-refractivity contribution in [1.82, 2.24) is 9.80 Å². The highest BCUT2D eigenvalue weighted by atomic mass is 15.2. The van der Waals surface area contributed by atoms with Crippen LogP contribution in [0, 0.1) is 13.8 Å². The van der Waals surface area contributed by atoms with Gasteiger partial charge in [0.2, 0.25) is 0 Å². The molecule has 112 valence electrons. The highest BCUT2D eigenvalue weighted by molar-refractivity contribution is 5.31. The molecule has 0 radical (unpaired) electrons. The topological polar surface area (TPSA) is 32.5 Å². The maximum absolute atomic E-state index is 6.43. The summed E-state index contributed by atoms with van der Waals surface area (Å²) in [4.78, 5) is 4.85. The smallest absolute Gasteiger partial charge is 0.0424 e. The van der Waals surface area contributed by atoms with Crippen molar-refractivity contribution >= 4 is 0 Å². The average Bonchev–Trinajstić information content (AvgIpc) is 2.79. The minimum atomic E-state index is 0.122. The van der Waals surface area contributed by atoms with Gasteiger partial charge in [-0.15, -0.1) is 0 Å². The fraction of sp³-hybridized carbons (Fsp3) is 0.647. The van der Waals surface area contributed by atoms with Crippen molar-refractivity contribution in [2.75, 3.05) is 33.7 Å². The summed E-state index contributed by atoms with van der Waals surface area (Å²) in [5, 5.41) is 0. The number of benzene rings is 1. The van der Waals surface area contributed by atoms with Crippen molar-refractivity contribution in [2.24, 2.45) is 5.73 Å². The van der Waals surface area contributed by atoms with Crippen LogP contribution in [0.5, 0.6) is 0 Å². The first-order valence-corrected chi connectivity index (χ1v) is 7.69. The minimum absolute atomic E-state index is 0.122. The van der Waals surface area contributed by atoms with Crippen LogP contribution in [0.4, 0.5) is 0 Å². The van der Waals surface area contributed by atoms with Crippen molar-refractivity contribution in [1.29, 1.82) is 0 Å². The summed E-state index contributed by atoms with van der Waals surface area (Å²) >= 11 is 0. The molecule has 2 atom stereocenters. The molecule has 2 unspecified atom stereocenters. The Morgan fingerprint density at radius 1 is 1.30 bits per heavy atom. The number of hydrogen-bond donors (Lipinski definition) is 1. The van der Waals surface area contributed by atoms with Crippen LogP contribution >= 0.6 is 0 Å². The number of likely N-dealkylation sites (tertiary alicyclic amines) is 1. The lowest BCUT2D eigenvalue weighted by Gasteiger charge is -2.29. The molecule has 2 N–H and O–H groups in total. The third-order valence-corrected chi connectivity index (χ3v) is 4.47. The first-order chi connectivity index (χ1) is 9.47. The molecule has 3 heteroatoms. The van der Waals surface area contributed by atoms with Crippen LogP contribution in [0.3, 0.4) is 0 Å². The second-order valence-electron chi connectivity index (χ2n) is 6.50. The van der Waals surface area contributed by atoms with Crippen molar-refractivity contribution in [2.45, 2.75) is 38.8 Å². The van der Waals surface area contributed by atoms with Gasteiger partial charge in [0, 0.05) is 25.2 Å². The quantitative estimate of drug-likeness (QED) is 0.895. The maximum atomic E-state index is 6.43. The second-order valence-corrected chi connectivity index (χ2v) is 6.50. The zero-order valence-electron chi connectivity index (χ0n) is 13.4. The fourth-order valence-corrected chi connectivity index (χ4v) is 3.12. The molecule has 1 aliphatic heterocycles. The van der Waals surface area contributed by atoms with Gasteiger partial charge < -0.3 is 10.6 Å². The molecule has 1 aromatic rings. The van der Waals surface area contributed by atoms with E-state index in [1.54, 1.807) is 0 Å². The molecule has 1 heterocycles. The monoisotopic (exact) mass is 275 g/mol. The van der Waals surface area contributed by atoms with Gasteiger partial charge in [0.05, 0.1) is 0 Å². The van der Waals surface area contributed by atoms with Gasteiger partial charge in [0.15, 0.2) is 0 Å². The zero-order valence-corrected chi connectivity index (χ0v) is 13.4. The van der Waals surface area contributed by atoms with Gasteiger partial charge in [0.25, 0.3) is 0 Å². The Kier molecular flexibility index (Phi) is 5.19. The van der Waals surface area contributed by atoms with Crippen molar-refractivity contribution in [3.63, 3.8) is 0 Å². The molecule has 0 saturated carbocycles. The summed E-state index contributed by atoms with van der Waals surface area (Å²) in [6.07, 6.45) is 2.61. The van der Waals surface area contributed by atoms with E-state index in [1.165, 1.54) is 36.1 Å². The van der Waals surface area contributed by atoms with Crippen molar-refractivity contribution in [3.05, 3.63) is 34.9 Å². The van der Waals surface area contributed by atoms with E-state index >= 15 is 0 Å². The predicted octanol–water partition coefficient (Wildman–Crippen LogP) is 2.33. The Hall–Kier alpha value is -0.900. The number of nitrogens with two attached hydrogens (primary N) is 1. The number of hydrogen-bond acceptors (Lipinski definition) is 3. The Balaban J connectivity index is 1.99. The summed E-state index contributed by atoms with van der Waals surface area (Å²) in [5.74, 6) is 0. The lowest BCUT2D eigenvalue weighted by Crippen LogP contribution is -2.41. The summed E-state index contributed by atoms with van der Waals surface area (Å²) in [7, 11) is 4.31. The van der Waals surface area contributed by atoms with Gasteiger partial charge in [-0.25, -0.2) is 0 Å². The van der Waals surface area contributed by atoms with Crippen LogP contribution in [0.25, 0.3) is 0 Å². The lowest BCUT2D eigenvalue weighted by atomic mass is 10.0. The van der Waals surface area contributed by atoms with Crippen LogP contribution in [0.1, 0.15) is 35.6 Å². The van der Waals surface area contributed by atoms with E-state index in [-0.39, 0.29) is 6.04 Å². The first kappa shape index (κ1) is 15.5. The number of aryl methyl sites for hydroxylation is 2. The third kappa shape index (κ3) is 3.81. The van der Waals surface area contributed by atoms with E-state index in [0.717, 1.165) is 13.1 Å². The van der Waals surface area contributed by atoms with E-state index in [2.05, 4.69) is 55.9 Å². The summed E-state index contributed by atoms with van der Waals surface area (Å²) < 4.78 is 0. The van der Waals surface area contributed by atoms with Crippen molar-refractivity contribution in [3.8, 4) is 0 Å². The first-order valence-electron chi connectivity index (χ1n) is 7.69. The van der Waals surface area contributed by atoms with E-state index < -0.39 is 0 Å². The molecule has 0 aliphatic carbocycles. The molecule has 0 aromatic heterocycles. The Labute approximate surface area is 123 Å². The van der Waals surface area contributed by atoms with E-state index in [0.29, 0.717) is 6.04 Å². The Morgan fingerprint density at radius 2 is 2.05 bits per heavy atom. The Bertz CT molecular complexity index is 442. The van der Waals surface area contributed by atoms with Crippen LogP contribution in [-0.2, 0) is 0 Å². The normalized spacial score (nSPS) is 21.6. The standard InChI is InChI=1S/C17H29N3/c1-13-7-8-15(10-14(13)2)17(18)12-20-9-5-6-16(20)11-19(3)4/h7-8,10,16-17H,5-6,9,11-12,18H2,1-4H3. The summed E-state index contributed by atoms with van der Waals surface area (Å²) in [6, 6.07) is 7.41. The van der Waals surface area contributed by atoms with Crippen LogP contribution in [-0.4, -0.2) is 49.6 Å².